The topological polar surface area (TPSA) is 109 Å². The van der Waals surface area contributed by atoms with Crippen molar-refractivity contribution >= 4 is 34.9 Å². The molecule has 0 radical (unpaired) electrons. The van der Waals surface area contributed by atoms with E-state index in [0.717, 1.165) is 34.3 Å². The summed E-state index contributed by atoms with van der Waals surface area (Å²) < 4.78 is 5.89. The van der Waals surface area contributed by atoms with Crippen molar-refractivity contribution in [2.75, 3.05) is 18.5 Å². The maximum absolute atomic E-state index is 12.6. The number of fused-ring (bicyclic) bond motifs is 1. The van der Waals surface area contributed by atoms with Crippen molar-refractivity contribution in [3.8, 4) is 5.75 Å². The monoisotopic (exact) mass is 533 g/mol. The Kier molecular flexibility index (Phi) is 7.68. The fraction of sp³-hybridized carbons (Fsp3) is 0.125. The van der Waals surface area contributed by atoms with Gasteiger partial charge in [-0.25, -0.2) is 9.78 Å². The Balaban J connectivity index is 1.37. The number of pyridine rings is 1. The van der Waals surface area contributed by atoms with Crippen LogP contribution in [0.25, 0.3) is 11.1 Å². The van der Waals surface area contributed by atoms with Crippen LogP contribution in [0.4, 0.5) is 10.6 Å². The molecule has 0 saturated carbocycles. The number of anilines is 1. The van der Waals surface area contributed by atoms with Gasteiger partial charge in [0, 0.05) is 11.8 Å². The minimum absolute atomic E-state index is 0.148. The van der Waals surface area contributed by atoms with E-state index in [4.69, 9.17) is 9.84 Å². The molecule has 2 N–H and O–H groups in total. The molecule has 5 rings (SSSR count). The quantitative estimate of drug-likeness (QED) is 0.195. The lowest BCUT2D eigenvalue weighted by molar-refractivity contribution is 0.0631. The maximum Gasteiger partial charge on any atom is 0.410 e. The third kappa shape index (κ3) is 5.47. The van der Waals surface area contributed by atoms with Gasteiger partial charge in [0.2, 0.25) is 0 Å². The van der Waals surface area contributed by atoms with Crippen molar-refractivity contribution in [3.05, 3.63) is 125 Å². The first-order valence-electron chi connectivity index (χ1n) is 12.9. The molecule has 0 bridgehead atoms. The highest BCUT2D eigenvalue weighted by atomic mass is 16.5. The average Bonchev–Trinajstić information content (AvgIpc) is 3.22. The molecule has 8 heteroatoms. The van der Waals surface area contributed by atoms with E-state index in [-0.39, 0.29) is 30.8 Å². The number of ether oxygens (including phenoxy) is 1. The van der Waals surface area contributed by atoms with Crippen LogP contribution in [0, 0.1) is 0 Å². The Morgan fingerprint density at radius 1 is 0.825 bits per heavy atom. The van der Waals surface area contributed by atoms with E-state index < -0.39 is 6.09 Å². The summed E-state index contributed by atoms with van der Waals surface area (Å²) in [5, 5.41) is 11.3. The van der Waals surface area contributed by atoms with Crippen LogP contribution in [-0.4, -0.2) is 46.0 Å². The summed E-state index contributed by atoms with van der Waals surface area (Å²) >= 11 is 0. The zero-order valence-electron chi connectivity index (χ0n) is 21.8. The first kappa shape index (κ1) is 26.4. The van der Waals surface area contributed by atoms with E-state index in [1.807, 2.05) is 48.5 Å². The van der Waals surface area contributed by atoms with E-state index in [1.165, 1.54) is 4.90 Å². The van der Waals surface area contributed by atoms with Crippen molar-refractivity contribution < 1.29 is 24.2 Å². The number of amides is 3. The number of benzene rings is 3. The molecule has 40 heavy (non-hydrogen) atoms. The van der Waals surface area contributed by atoms with Crippen molar-refractivity contribution in [1.29, 1.82) is 0 Å². The molecular weight excluding hydrogens is 506 g/mol. The summed E-state index contributed by atoms with van der Waals surface area (Å²) in [6.07, 6.45) is 1.24. The number of hydrogen-bond donors (Lipinski definition) is 2. The van der Waals surface area contributed by atoms with Crippen molar-refractivity contribution in [3.63, 3.8) is 0 Å². The second-order valence-corrected chi connectivity index (χ2v) is 9.12. The van der Waals surface area contributed by atoms with Gasteiger partial charge in [-0.15, -0.1) is 0 Å². The predicted molar refractivity (Wildman–Crippen MR) is 152 cm³/mol. The van der Waals surface area contributed by atoms with Crippen LogP contribution in [0.3, 0.4) is 0 Å². The molecule has 1 aliphatic heterocycles. The molecule has 1 aromatic heterocycles. The normalized spacial score (nSPS) is 13.1. The molecule has 0 spiro atoms. The van der Waals surface area contributed by atoms with Crippen molar-refractivity contribution in [2.24, 2.45) is 0 Å². The Morgan fingerprint density at radius 2 is 1.45 bits per heavy atom. The number of nitrogens with one attached hydrogen (secondary N) is 1. The summed E-state index contributed by atoms with van der Waals surface area (Å²) in [5.41, 5.74) is 5.78. The molecule has 8 nitrogen and oxygen atoms in total. The predicted octanol–water partition coefficient (Wildman–Crippen LogP) is 6.22. The lowest BCUT2D eigenvalue weighted by Gasteiger charge is -2.17. The van der Waals surface area contributed by atoms with Crippen LogP contribution in [0.2, 0.25) is 0 Å². The standard InChI is InChI=1S/C32H27N3O5/c1-2-25(21-8-4-3-5-9-21)29(23-14-17-28(33-20-23)34-32(38)39)22-12-15-24(16-13-22)40-19-18-35-30(36)26-10-6-7-11-27(26)31(35)37/h3-17,20H,2,18-19H2,1H3,(H,33,34)(H,38,39)/b29-25+. The van der Waals surface area contributed by atoms with Gasteiger partial charge in [0.1, 0.15) is 18.2 Å². The highest BCUT2D eigenvalue weighted by Crippen LogP contribution is 2.35. The van der Waals surface area contributed by atoms with E-state index in [0.29, 0.717) is 16.9 Å². The van der Waals surface area contributed by atoms with E-state index >= 15 is 0 Å². The van der Waals surface area contributed by atoms with Crippen molar-refractivity contribution in [2.45, 2.75) is 13.3 Å². The molecule has 4 aromatic rings. The van der Waals surface area contributed by atoms with Crippen LogP contribution in [-0.2, 0) is 0 Å². The third-order valence-corrected chi connectivity index (χ3v) is 6.67. The fourth-order valence-corrected chi connectivity index (χ4v) is 4.82. The molecular formula is C32H27N3O5. The lowest BCUT2D eigenvalue weighted by atomic mass is 9.89. The SMILES string of the molecule is CC/C(=C(/c1ccc(OCCN2C(=O)c3ccccc3C2=O)cc1)c1ccc(NC(=O)O)nc1)c1ccccc1. The summed E-state index contributed by atoms with van der Waals surface area (Å²) in [7, 11) is 0. The number of nitrogens with zero attached hydrogens (tertiary/aromatic N) is 2. The number of carboxylic acid groups (broad SMARTS) is 1. The molecule has 3 aromatic carbocycles. The molecule has 2 heterocycles. The van der Waals surface area contributed by atoms with E-state index in [1.54, 1.807) is 36.5 Å². The first-order valence-corrected chi connectivity index (χ1v) is 12.9. The molecule has 0 aliphatic carbocycles. The second-order valence-electron chi connectivity index (χ2n) is 9.12. The Morgan fingerprint density at radius 3 is 2.02 bits per heavy atom. The lowest BCUT2D eigenvalue weighted by Crippen LogP contribution is -2.33. The van der Waals surface area contributed by atoms with Gasteiger partial charge in [0.05, 0.1) is 17.7 Å². The highest BCUT2D eigenvalue weighted by molar-refractivity contribution is 6.21. The van der Waals surface area contributed by atoms with Gasteiger partial charge in [0.15, 0.2) is 0 Å². The molecule has 0 saturated heterocycles. The van der Waals surface area contributed by atoms with E-state index in [9.17, 15) is 14.4 Å². The van der Waals surface area contributed by atoms with Gasteiger partial charge in [-0.2, -0.15) is 0 Å². The molecule has 200 valence electrons. The van der Waals surface area contributed by atoms with Gasteiger partial charge < -0.3 is 9.84 Å². The number of hydrogen-bond acceptors (Lipinski definition) is 5. The highest BCUT2D eigenvalue weighted by Gasteiger charge is 2.34. The summed E-state index contributed by atoms with van der Waals surface area (Å²) in [5.74, 6) is 0.243. The molecule has 1 aliphatic rings. The molecule has 0 unspecified atom stereocenters. The van der Waals surface area contributed by atoms with Gasteiger partial charge in [-0.1, -0.05) is 61.5 Å². The largest absolute Gasteiger partial charge is 0.492 e. The maximum atomic E-state index is 12.6. The summed E-state index contributed by atoms with van der Waals surface area (Å²) in [6.45, 7) is 2.40. The van der Waals surface area contributed by atoms with Crippen molar-refractivity contribution in [1.82, 2.24) is 9.88 Å². The molecule has 0 atom stereocenters. The number of carbonyl (C=O) groups excluding carboxylic acids is 2. The summed E-state index contributed by atoms with van der Waals surface area (Å²) in [4.78, 5) is 41.7. The summed E-state index contributed by atoms with van der Waals surface area (Å²) in [6, 6.07) is 28.0. The first-order chi connectivity index (χ1) is 19.5. The van der Waals surface area contributed by atoms with Gasteiger partial charge >= 0.3 is 6.09 Å². The van der Waals surface area contributed by atoms with Gasteiger partial charge in [0.25, 0.3) is 11.8 Å². The Labute approximate surface area is 231 Å². The van der Waals surface area contributed by atoms with Crippen LogP contribution in [0.15, 0.2) is 97.2 Å². The number of carbonyl (C=O) groups is 3. The van der Waals surface area contributed by atoms with Gasteiger partial charge in [-0.3, -0.25) is 19.8 Å². The minimum atomic E-state index is -1.17. The smallest absolute Gasteiger partial charge is 0.410 e. The Bertz CT molecular complexity index is 1540. The average molecular weight is 534 g/mol. The van der Waals surface area contributed by atoms with E-state index in [2.05, 4.69) is 29.4 Å². The molecule has 3 amide bonds. The zero-order valence-corrected chi connectivity index (χ0v) is 21.8. The van der Waals surface area contributed by atoms with Crippen LogP contribution < -0.4 is 10.1 Å². The number of imide groups is 1. The number of aromatic nitrogens is 1. The third-order valence-electron chi connectivity index (χ3n) is 6.67. The van der Waals surface area contributed by atoms with Gasteiger partial charge in [-0.05, 0) is 65.1 Å². The number of allylic oxidation sites excluding steroid dienone is 1. The number of rotatable bonds is 9. The van der Waals surface area contributed by atoms with Crippen LogP contribution >= 0.6 is 0 Å². The van der Waals surface area contributed by atoms with Crippen LogP contribution in [0.5, 0.6) is 5.75 Å². The second kappa shape index (κ2) is 11.7. The zero-order chi connectivity index (χ0) is 28.1. The fourth-order valence-electron chi connectivity index (χ4n) is 4.82. The minimum Gasteiger partial charge on any atom is -0.492 e. The molecule has 0 fully saturated rings. The van der Waals surface area contributed by atoms with Crippen LogP contribution in [0.1, 0.15) is 50.8 Å². The Hall–Kier alpha value is -5.24.